The van der Waals surface area contributed by atoms with Crippen LogP contribution in [0.2, 0.25) is 0 Å². The van der Waals surface area contributed by atoms with Gasteiger partial charge in [0.15, 0.2) is 5.78 Å². The largest absolute Gasteiger partial charge is 0.297 e. The SMILES string of the molecule is CC(CCCC(N=N)C(=O)CCC(C)(N=N)c1ccccc1)(N=N)c1ccccc1. The van der Waals surface area contributed by atoms with Gasteiger partial charge in [-0.15, -0.1) is 0 Å². The molecular weight excluding hydrogens is 376 g/mol. The molecule has 0 amide bonds. The standard InChI is InChI=1S/C23H30N6O/c1-22(28-25,18-10-5-3-6-11-18)16-9-14-20(27-24)21(30)15-17-23(2,29-26)19-12-7-4-8-13-19/h3-8,10-13,20,24-26H,9,14-17H2,1-2H3. The van der Waals surface area contributed by atoms with Crippen molar-refractivity contribution in [1.82, 2.24) is 0 Å². The molecule has 7 nitrogen and oxygen atoms in total. The molecule has 0 aliphatic rings. The van der Waals surface area contributed by atoms with Crippen LogP contribution in [0, 0.1) is 16.6 Å². The van der Waals surface area contributed by atoms with Crippen molar-refractivity contribution < 1.29 is 4.79 Å². The molecule has 3 atom stereocenters. The number of Topliss-reactive ketones (excluding diaryl/α,β-unsaturated/α-hetero) is 1. The highest BCUT2D eigenvalue weighted by molar-refractivity contribution is 5.84. The summed E-state index contributed by atoms with van der Waals surface area (Å²) < 4.78 is 0. The minimum Gasteiger partial charge on any atom is -0.297 e. The van der Waals surface area contributed by atoms with Crippen molar-refractivity contribution in [2.24, 2.45) is 15.3 Å². The summed E-state index contributed by atoms with van der Waals surface area (Å²) in [5.41, 5.74) is 23.1. The molecule has 158 valence electrons. The van der Waals surface area contributed by atoms with Crippen molar-refractivity contribution in [3.8, 4) is 0 Å². The van der Waals surface area contributed by atoms with E-state index < -0.39 is 17.1 Å². The molecule has 0 aliphatic carbocycles. The molecule has 0 radical (unpaired) electrons. The van der Waals surface area contributed by atoms with E-state index in [1.807, 2.05) is 74.5 Å². The van der Waals surface area contributed by atoms with Gasteiger partial charge in [-0.25, -0.2) is 16.6 Å². The zero-order valence-corrected chi connectivity index (χ0v) is 17.6. The Labute approximate surface area is 177 Å². The van der Waals surface area contributed by atoms with Crippen LogP contribution in [0.4, 0.5) is 0 Å². The van der Waals surface area contributed by atoms with E-state index in [2.05, 4.69) is 15.3 Å². The fraction of sp³-hybridized carbons (Fsp3) is 0.435. The van der Waals surface area contributed by atoms with Crippen molar-refractivity contribution >= 4 is 5.78 Å². The van der Waals surface area contributed by atoms with Gasteiger partial charge in [-0.2, -0.15) is 15.3 Å². The van der Waals surface area contributed by atoms with E-state index in [4.69, 9.17) is 16.6 Å². The van der Waals surface area contributed by atoms with Gasteiger partial charge in [0.05, 0.1) is 0 Å². The molecule has 7 heteroatoms. The molecule has 30 heavy (non-hydrogen) atoms. The van der Waals surface area contributed by atoms with Crippen molar-refractivity contribution in [3.05, 3.63) is 71.8 Å². The fourth-order valence-corrected chi connectivity index (χ4v) is 3.59. The summed E-state index contributed by atoms with van der Waals surface area (Å²) in [6.45, 7) is 3.75. The van der Waals surface area contributed by atoms with Crippen LogP contribution < -0.4 is 0 Å². The lowest BCUT2D eigenvalue weighted by Crippen LogP contribution is -2.25. The van der Waals surface area contributed by atoms with Crippen LogP contribution in [0.1, 0.15) is 57.1 Å². The van der Waals surface area contributed by atoms with Crippen LogP contribution in [0.15, 0.2) is 76.0 Å². The van der Waals surface area contributed by atoms with E-state index in [1.54, 1.807) is 0 Å². The molecule has 0 saturated heterocycles. The van der Waals surface area contributed by atoms with E-state index in [0.29, 0.717) is 25.7 Å². The third kappa shape index (κ3) is 5.72. The second-order valence-electron chi connectivity index (χ2n) is 8.01. The van der Waals surface area contributed by atoms with Gasteiger partial charge in [0.1, 0.15) is 17.1 Å². The Balaban J connectivity index is 1.94. The first kappa shape index (κ1) is 23.2. The maximum absolute atomic E-state index is 12.7. The summed E-state index contributed by atoms with van der Waals surface area (Å²) in [7, 11) is 0. The lowest BCUT2D eigenvalue weighted by molar-refractivity contribution is -0.121. The first-order valence-corrected chi connectivity index (χ1v) is 10.2. The highest BCUT2D eigenvalue weighted by Gasteiger charge is 2.30. The molecule has 0 bridgehead atoms. The zero-order valence-electron chi connectivity index (χ0n) is 17.6. The van der Waals surface area contributed by atoms with Crippen LogP contribution in [0.3, 0.4) is 0 Å². The predicted molar refractivity (Wildman–Crippen MR) is 115 cm³/mol. The lowest BCUT2D eigenvalue weighted by Gasteiger charge is -2.25. The van der Waals surface area contributed by atoms with E-state index in [1.165, 1.54) is 0 Å². The average molecular weight is 407 g/mol. The van der Waals surface area contributed by atoms with Crippen LogP contribution >= 0.6 is 0 Å². The molecule has 0 spiro atoms. The van der Waals surface area contributed by atoms with Crippen LogP contribution in [-0.4, -0.2) is 11.8 Å². The van der Waals surface area contributed by atoms with E-state index in [0.717, 1.165) is 11.1 Å². The lowest BCUT2D eigenvalue weighted by atomic mass is 9.85. The van der Waals surface area contributed by atoms with Crippen molar-refractivity contribution in [3.63, 3.8) is 0 Å². The Bertz CT molecular complexity index is 857. The highest BCUT2D eigenvalue weighted by Crippen LogP contribution is 2.33. The maximum atomic E-state index is 12.7. The smallest absolute Gasteiger partial charge is 0.159 e. The maximum Gasteiger partial charge on any atom is 0.159 e. The highest BCUT2D eigenvalue weighted by atomic mass is 16.1. The van der Waals surface area contributed by atoms with Gasteiger partial charge in [0.25, 0.3) is 0 Å². The second-order valence-corrected chi connectivity index (χ2v) is 8.01. The number of nitrogens with one attached hydrogen (secondary N) is 3. The normalized spacial score (nSPS) is 15.9. The van der Waals surface area contributed by atoms with Crippen molar-refractivity contribution in [1.29, 1.82) is 16.6 Å². The van der Waals surface area contributed by atoms with E-state index >= 15 is 0 Å². The fourth-order valence-electron chi connectivity index (χ4n) is 3.59. The second kappa shape index (κ2) is 10.6. The van der Waals surface area contributed by atoms with Crippen LogP contribution in [-0.2, 0) is 15.9 Å². The Morgan fingerprint density at radius 1 is 0.833 bits per heavy atom. The van der Waals surface area contributed by atoms with Crippen molar-refractivity contribution in [2.45, 2.75) is 63.1 Å². The molecule has 0 aliphatic heterocycles. The first-order valence-electron chi connectivity index (χ1n) is 10.2. The van der Waals surface area contributed by atoms with Gasteiger partial charge in [-0.3, -0.25) is 4.79 Å². The van der Waals surface area contributed by atoms with Crippen molar-refractivity contribution in [2.75, 3.05) is 0 Å². The predicted octanol–water partition coefficient (Wildman–Crippen LogP) is 6.80. The van der Waals surface area contributed by atoms with Gasteiger partial charge < -0.3 is 0 Å². The summed E-state index contributed by atoms with van der Waals surface area (Å²) in [6, 6.07) is 18.5. The third-order valence-corrected chi connectivity index (χ3v) is 5.81. The summed E-state index contributed by atoms with van der Waals surface area (Å²) in [5.74, 6) is -0.111. The average Bonchev–Trinajstić information content (AvgIpc) is 2.81. The number of ketones is 1. The minimum absolute atomic E-state index is 0.111. The number of benzene rings is 2. The first-order chi connectivity index (χ1) is 14.4. The number of nitrogens with zero attached hydrogens (tertiary/aromatic N) is 3. The molecule has 0 heterocycles. The van der Waals surface area contributed by atoms with Gasteiger partial charge in [-0.1, -0.05) is 60.7 Å². The summed E-state index contributed by atoms with van der Waals surface area (Å²) in [6.07, 6.45) is 2.28. The molecule has 3 N–H and O–H groups in total. The van der Waals surface area contributed by atoms with E-state index in [9.17, 15) is 4.79 Å². The summed E-state index contributed by atoms with van der Waals surface area (Å²) in [5, 5.41) is 11.1. The molecule has 0 fully saturated rings. The van der Waals surface area contributed by atoms with Gasteiger partial charge in [0.2, 0.25) is 0 Å². The van der Waals surface area contributed by atoms with Crippen LogP contribution in [0.5, 0.6) is 0 Å². The zero-order chi connectivity index (χ0) is 22.0. The number of carbonyl (C=O) groups excluding carboxylic acids is 1. The number of carbonyl (C=O) groups is 1. The minimum atomic E-state index is -0.764. The van der Waals surface area contributed by atoms with E-state index in [-0.39, 0.29) is 12.2 Å². The summed E-state index contributed by atoms with van der Waals surface area (Å²) in [4.78, 5) is 12.7. The van der Waals surface area contributed by atoms with Gasteiger partial charge in [-0.05, 0) is 50.7 Å². The Morgan fingerprint density at radius 3 is 1.73 bits per heavy atom. The summed E-state index contributed by atoms with van der Waals surface area (Å²) >= 11 is 0. The molecule has 3 unspecified atom stereocenters. The molecular formula is C23H30N6O. The number of hydrogen-bond acceptors (Lipinski definition) is 7. The van der Waals surface area contributed by atoms with Crippen LogP contribution in [0.25, 0.3) is 0 Å². The van der Waals surface area contributed by atoms with Gasteiger partial charge in [0, 0.05) is 6.42 Å². The Morgan fingerprint density at radius 2 is 1.30 bits per heavy atom. The topological polar surface area (TPSA) is 126 Å². The van der Waals surface area contributed by atoms with Gasteiger partial charge >= 0.3 is 0 Å². The third-order valence-electron chi connectivity index (χ3n) is 5.81. The molecule has 0 saturated carbocycles. The number of rotatable bonds is 13. The molecule has 2 aromatic carbocycles. The molecule has 0 aromatic heterocycles. The Hall–Kier alpha value is -3.09. The Kier molecular flexibility index (Phi) is 8.21. The quantitative estimate of drug-likeness (QED) is 0.311. The monoisotopic (exact) mass is 406 g/mol. The number of hydrogen-bond donors (Lipinski definition) is 3. The molecule has 2 aromatic rings. The molecule has 2 rings (SSSR count).